The standard InChI is InChI=1S/C11H20O4S/c12-11(9-4-3-6-15-8-9)10-5-1-2-7-16(10,13)14/h9-12H,1-8H2. The third-order valence-electron chi connectivity index (χ3n) is 3.69. The number of hydrogen-bond acceptors (Lipinski definition) is 4. The molecule has 3 unspecified atom stereocenters. The highest BCUT2D eigenvalue weighted by Crippen LogP contribution is 2.29. The zero-order valence-electron chi connectivity index (χ0n) is 9.47. The predicted molar refractivity (Wildman–Crippen MR) is 61.0 cm³/mol. The van der Waals surface area contributed by atoms with Gasteiger partial charge in [-0.05, 0) is 25.7 Å². The highest BCUT2D eigenvalue weighted by Gasteiger charge is 2.38. The van der Waals surface area contributed by atoms with Crippen LogP contribution in [0.25, 0.3) is 0 Å². The van der Waals surface area contributed by atoms with Crippen molar-refractivity contribution in [3.8, 4) is 0 Å². The minimum absolute atomic E-state index is 0.00613. The molecule has 0 bridgehead atoms. The fourth-order valence-electron chi connectivity index (χ4n) is 2.70. The lowest BCUT2D eigenvalue weighted by atomic mass is 9.92. The van der Waals surface area contributed by atoms with E-state index in [1.807, 2.05) is 0 Å². The molecule has 2 aliphatic heterocycles. The maximum atomic E-state index is 11.9. The van der Waals surface area contributed by atoms with Crippen LogP contribution in [-0.4, -0.2) is 43.8 Å². The van der Waals surface area contributed by atoms with E-state index in [4.69, 9.17) is 4.74 Å². The van der Waals surface area contributed by atoms with Crippen molar-refractivity contribution in [1.82, 2.24) is 0 Å². The first kappa shape index (κ1) is 12.3. The normalized spacial score (nSPS) is 36.8. The van der Waals surface area contributed by atoms with Gasteiger partial charge in [0.1, 0.15) is 0 Å². The van der Waals surface area contributed by atoms with Gasteiger partial charge in [0.2, 0.25) is 0 Å². The van der Waals surface area contributed by atoms with Gasteiger partial charge >= 0.3 is 0 Å². The van der Waals surface area contributed by atoms with Crippen molar-refractivity contribution in [3.05, 3.63) is 0 Å². The summed E-state index contributed by atoms with van der Waals surface area (Å²) in [5.41, 5.74) is 0. The number of hydrogen-bond donors (Lipinski definition) is 1. The molecule has 5 heteroatoms. The number of sulfone groups is 1. The van der Waals surface area contributed by atoms with E-state index in [1.165, 1.54) is 0 Å². The summed E-state index contributed by atoms with van der Waals surface area (Å²) in [6, 6.07) is 0. The second-order valence-corrected chi connectivity index (χ2v) is 7.21. The molecule has 0 spiro atoms. The molecule has 2 aliphatic rings. The fourth-order valence-corrected chi connectivity index (χ4v) is 4.78. The van der Waals surface area contributed by atoms with Crippen molar-refractivity contribution in [3.63, 3.8) is 0 Å². The number of ether oxygens (including phenoxy) is 1. The fraction of sp³-hybridized carbons (Fsp3) is 1.00. The molecule has 1 N–H and O–H groups in total. The summed E-state index contributed by atoms with van der Waals surface area (Å²) in [4.78, 5) is 0. The second kappa shape index (κ2) is 5.02. The molecular weight excluding hydrogens is 228 g/mol. The molecule has 2 rings (SSSR count). The minimum atomic E-state index is -3.08. The van der Waals surface area contributed by atoms with Crippen LogP contribution in [0.3, 0.4) is 0 Å². The molecule has 0 radical (unpaired) electrons. The molecule has 2 heterocycles. The Hall–Kier alpha value is -0.130. The van der Waals surface area contributed by atoms with E-state index in [9.17, 15) is 13.5 Å². The van der Waals surface area contributed by atoms with E-state index >= 15 is 0 Å². The quantitative estimate of drug-likeness (QED) is 0.783. The van der Waals surface area contributed by atoms with Crippen LogP contribution >= 0.6 is 0 Å². The summed E-state index contributed by atoms with van der Waals surface area (Å²) in [6.07, 6.45) is 3.34. The Morgan fingerprint density at radius 3 is 2.62 bits per heavy atom. The highest BCUT2D eigenvalue weighted by molar-refractivity contribution is 7.92. The molecule has 3 atom stereocenters. The molecule has 2 fully saturated rings. The first-order valence-electron chi connectivity index (χ1n) is 6.08. The smallest absolute Gasteiger partial charge is 0.155 e. The van der Waals surface area contributed by atoms with E-state index in [-0.39, 0.29) is 11.7 Å². The lowest BCUT2D eigenvalue weighted by Gasteiger charge is -2.33. The first-order valence-corrected chi connectivity index (χ1v) is 7.80. The highest BCUT2D eigenvalue weighted by atomic mass is 32.2. The molecular formula is C11H20O4S. The van der Waals surface area contributed by atoms with E-state index in [1.54, 1.807) is 0 Å². The summed E-state index contributed by atoms with van der Waals surface area (Å²) in [7, 11) is -3.08. The molecule has 0 amide bonds. The maximum absolute atomic E-state index is 11.9. The maximum Gasteiger partial charge on any atom is 0.155 e. The summed E-state index contributed by atoms with van der Waals surface area (Å²) >= 11 is 0. The van der Waals surface area contributed by atoms with Crippen LogP contribution in [-0.2, 0) is 14.6 Å². The SMILES string of the molecule is O=S1(=O)CCCCC1C(O)C1CCCOC1. The van der Waals surface area contributed by atoms with E-state index in [2.05, 4.69) is 0 Å². The summed E-state index contributed by atoms with van der Waals surface area (Å²) in [5, 5.41) is 9.63. The average molecular weight is 248 g/mol. The monoisotopic (exact) mass is 248 g/mol. The van der Waals surface area contributed by atoms with Crippen molar-refractivity contribution >= 4 is 9.84 Å². The van der Waals surface area contributed by atoms with Crippen molar-refractivity contribution in [2.75, 3.05) is 19.0 Å². The molecule has 94 valence electrons. The van der Waals surface area contributed by atoms with Crippen LogP contribution in [0.4, 0.5) is 0 Å². The zero-order valence-corrected chi connectivity index (χ0v) is 10.3. The lowest BCUT2D eigenvalue weighted by molar-refractivity contribution is -0.0115. The Kier molecular flexibility index (Phi) is 3.87. The zero-order chi connectivity index (χ0) is 11.6. The van der Waals surface area contributed by atoms with Gasteiger partial charge in [-0.3, -0.25) is 0 Å². The van der Waals surface area contributed by atoms with Gasteiger partial charge in [0.15, 0.2) is 9.84 Å². The van der Waals surface area contributed by atoms with Gasteiger partial charge in [-0.1, -0.05) is 6.42 Å². The Morgan fingerprint density at radius 2 is 2.00 bits per heavy atom. The Balaban J connectivity index is 2.04. The van der Waals surface area contributed by atoms with Gasteiger partial charge in [-0.25, -0.2) is 8.42 Å². The van der Waals surface area contributed by atoms with Gasteiger partial charge in [0.05, 0.1) is 23.7 Å². The van der Waals surface area contributed by atoms with Crippen LogP contribution in [0, 0.1) is 5.92 Å². The van der Waals surface area contributed by atoms with E-state index in [0.29, 0.717) is 13.0 Å². The van der Waals surface area contributed by atoms with Gasteiger partial charge in [0.25, 0.3) is 0 Å². The molecule has 0 saturated carbocycles. The molecule has 2 saturated heterocycles. The van der Waals surface area contributed by atoms with Gasteiger partial charge < -0.3 is 9.84 Å². The number of rotatable bonds is 2. The number of aliphatic hydroxyl groups is 1. The summed E-state index contributed by atoms with van der Waals surface area (Å²) in [5.74, 6) is 0.245. The lowest BCUT2D eigenvalue weighted by Crippen LogP contribution is -2.44. The van der Waals surface area contributed by atoms with Crippen LogP contribution in [0.15, 0.2) is 0 Å². The van der Waals surface area contributed by atoms with Crippen LogP contribution in [0.1, 0.15) is 32.1 Å². The second-order valence-electron chi connectivity index (χ2n) is 4.87. The van der Waals surface area contributed by atoms with Crippen molar-refractivity contribution in [2.24, 2.45) is 5.92 Å². The predicted octanol–water partition coefficient (Wildman–Crippen LogP) is 0.741. The molecule has 4 nitrogen and oxygen atoms in total. The Labute approximate surface area is 96.9 Å². The molecule has 0 aliphatic carbocycles. The Morgan fingerprint density at radius 1 is 1.19 bits per heavy atom. The van der Waals surface area contributed by atoms with E-state index in [0.717, 1.165) is 32.3 Å². The largest absolute Gasteiger partial charge is 0.391 e. The average Bonchev–Trinajstić information content (AvgIpc) is 2.29. The van der Waals surface area contributed by atoms with Crippen LogP contribution < -0.4 is 0 Å². The third-order valence-corrected chi connectivity index (χ3v) is 5.98. The van der Waals surface area contributed by atoms with Crippen molar-refractivity contribution in [1.29, 1.82) is 0 Å². The van der Waals surface area contributed by atoms with Crippen molar-refractivity contribution in [2.45, 2.75) is 43.5 Å². The molecule has 16 heavy (non-hydrogen) atoms. The van der Waals surface area contributed by atoms with Crippen LogP contribution in [0.2, 0.25) is 0 Å². The summed E-state index contributed by atoms with van der Waals surface area (Å²) < 4.78 is 29.0. The van der Waals surface area contributed by atoms with Gasteiger partial charge in [0, 0.05) is 12.5 Å². The van der Waals surface area contributed by atoms with Crippen LogP contribution in [0.5, 0.6) is 0 Å². The number of aliphatic hydroxyl groups excluding tert-OH is 1. The van der Waals surface area contributed by atoms with Gasteiger partial charge in [-0.2, -0.15) is 0 Å². The molecule has 0 aromatic carbocycles. The summed E-state index contributed by atoms with van der Waals surface area (Å²) in [6.45, 7) is 1.24. The van der Waals surface area contributed by atoms with Gasteiger partial charge in [-0.15, -0.1) is 0 Å². The molecule has 0 aromatic rings. The third kappa shape index (κ3) is 2.57. The minimum Gasteiger partial charge on any atom is -0.391 e. The topological polar surface area (TPSA) is 63.6 Å². The van der Waals surface area contributed by atoms with Crippen molar-refractivity contribution < 1.29 is 18.3 Å². The Bertz CT molecular complexity index is 319. The van der Waals surface area contributed by atoms with E-state index < -0.39 is 21.2 Å². The molecule has 0 aromatic heterocycles. The first-order chi connectivity index (χ1) is 7.61.